The lowest BCUT2D eigenvalue weighted by Gasteiger charge is -2.15. The van der Waals surface area contributed by atoms with Crippen molar-refractivity contribution in [1.29, 1.82) is 0 Å². The van der Waals surface area contributed by atoms with Crippen molar-refractivity contribution in [3.63, 3.8) is 0 Å². The Kier molecular flexibility index (Phi) is 31.3. The third-order valence-corrected chi connectivity index (χ3v) is 8.32. The lowest BCUT2D eigenvalue weighted by Crippen LogP contribution is -2.27. The van der Waals surface area contributed by atoms with E-state index in [9.17, 15) is 24.2 Å². The molecule has 0 aromatic rings. The minimum atomic E-state index is -4.41. The van der Waals surface area contributed by atoms with E-state index < -0.39 is 26.5 Å². The van der Waals surface area contributed by atoms with Crippen molar-refractivity contribution in [1.82, 2.24) is 5.32 Å². The highest BCUT2D eigenvalue weighted by atomic mass is 31.2. The van der Waals surface area contributed by atoms with Gasteiger partial charge in [-0.3, -0.25) is 18.6 Å². The van der Waals surface area contributed by atoms with Crippen LogP contribution >= 0.6 is 7.82 Å². The monoisotopic (exact) mass is 659 g/mol. The molecule has 1 amide bonds. The molecule has 3 N–H and O–H groups in total. The Hall–Kier alpha value is -1.51. The summed E-state index contributed by atoms with van der Waals surface area (Å²) in [5.74, 6) is -0.538. The number of phosphoric acid groups is 1. The molecule has 2 atom stereocenters. The fraction of sp³-hybridized carbons (Fsp3) is 0.829. The lowest BCUT2D eigenvalue weighted by atomic mass is 10.1. The van der Waals surface area contributed by atoms with E-state index in [1.54, 1.807) is 0 Å². The number of carbonyl (C=O) groups excluding carboxylic acids is 2. The molecular formula is C35H66NO8P. The normalized spacial score (nSPS) is 13.8. The molecule has 2 unspecified atom stereocenters. The zero-order valence-corrected chi connectivity index (χ0v) is 29.5. The maximum atomic E-state index is 12.0. The largest absolute Gasteiger partial charge is 0.472 e. The van der Waals surface area contributed by atoms with E-state index in [2.05, 4.69) is 43.5 Å². The van der Waals surface area contributed by atoms with Crippen molar-refractivity contribution in [2.75, 3.05) is 26.4 Å². The predicted octanol–water partition coefficient (Wildman–Crippen LogP) is 8.87. The summed E-state index contributed by atoms with van der Waals surface area (Å²) in [6, 6.07) is 0. The summed E-state index contributed by atoms with van der Waals surface area (Å²) in [7, 11) is -4.41. The molecule has 0 bridgehead atoms. The Morgan fingerprint density at radius 3 is 1.76 bits per heavy atom. The first-order chi connectivity index (χ1) is 21.8. The Balaban J connectivity index is 3.65. The van der Waals surface area contributed by atoms with Crippen LogP contribution in [0.25, 0.3) is 0 Å². The van der Waals surface area contributed by atoms with Gasteiger partial charge in [0.25, 0.3) is 0 Å². The van der Waals surface area contributed by atoms with Crippen LogP contribution in [0.2, 0.25) is 0 Å². The number of allylic oxidation sites excluding steroid dienone is 4. The van der Waals surface area contributed by atoms with Gasteiger partial charge >= 0.3 is 13.8 Å². The molecule has 264 valence electrons. The first-order valence-corrected chi connectivity index (χ1v) is 19.3. The van der Waals surface area contributed by atoms with Crippen molar-refractivity contribution in [2.45, 2.75) is 161 Å². The molecule has 0 aromatic carbocycles. The number of carbonyl (C=O) groups is 2. The fourth-order valence-electron chi connectivity index (χ4n) is 4.61. The third kappa shape index (κ3) is 33.7. The van der Waals surface area contributed by atoms with Crippen molar-refractivity contribution >= 4 is 19.7 Å². The Morgan fingerprint density at radius 2 is 1.18 bits per heavy atom. The van der Waals surface area contributed by atoms with Crippen LogP contribution in [0.1, 0.15) is 155 Å². The highest BCUT2D eigenvalue weighted by molar-refractivity contribution is 7.47. The SMILES string of the molecule is CCC/C=C\CCCCCCCC(=O)OCC(O)COP(=O)(O)OCCNC(=O)CCCCCCC/C=C\CCCCCCC. The Morgan fingerprint density at radius 1 is 0.667 bits per heavy atom. The summed E-state index contributed by atoms with van der Waals surface area (Å²) in [5.41, 5.74) is 0. The van der Waals surface area contributed by atoms with E-state index in [-0.39, 0.29) is 32.1 Å². The molecular weight excluding hydrogens is 593 g/mol. The lowest BCUT2D eigenvalue weighted by molar-refractivity contribution is -0.147. The van der Waals surface area contributed by atoms with Crippen LogP contribution in [0.3, 0.4) is 0 Å². The van der Waals surface area contributed by atoms with E-state index in [0.717, 1.165) is 77.0 Å². The number of aliphatic hydroxyl groups excluding tert-OH is 1. The smallest absolute Gasteiger partial charge is 0.463 e. The first kappa shape index (κ1) is 43.5. The number of hydrogen-bond acceptors (Lipinski definition) is 7. The average molecular weight is 660 g/mol. The summed E-state index contributed by atoms with van der Waals surface area (Å²) in [6.45, 7) is 3.44. The zero-order valence-electron chi connectivity index (χ0n) is 28.6. The number of amides is 1. The van der Waals surface area contributed by atoms with Crippen LogP contribution in [-0.4, -0.2) is 54.3 Å². The van der Waals surface area contributed by atoms with Crippen LogP contribution in [0.15, 0.2) is 24.3 Å². The second-order valence-corrected chi connectivity index (χ2v) is 13.3. The third-order valence-electron chi connectivity index (χ3n) is 7.33. The highest BCUT2D eigenvalue weighted by Crippen LogP contribution is 2.42. The van der Waals surface area contributed by atoms with E-state index in [1.807, 2.05) is 0 Å². The van der Waals surface area contributed by atoms with Crippen LogP contribution in [0, 0.1) is 0 Å². The molecule has 0 radical (unpaired) electrons. The van der Waals surface area contributed by atoms with Gasteiger partial charge in [0.2, 0.25) is 5.91 Å². The Bertz CT molecular complexity index is 805. The molecule has 0 heterocycles. The molecule has 0 aliphatic heterocycles. The summed E-state index contributed by atoms with van der Waals surface area (Å²) in [6.07, 6.45) is 31.1. The van der Waals surface area contributed by atoms with Gasteiger partial charge < -0.3 is 20.1 Å². The van der Waals surface area contributed by atoms with Crippen molar-refractivity contribution < 1.29 is 37.9 Å². The minimum Gasteiger partial charge on any atom is -0.463 e. The van der Waals surface area contributed by atoms with Crippen LogP contribution in [0.4, 0.5) is 0 Å². The quantitative estimate of drug-likeness (QED) is 0.0276. The first-order valence-electron chi connectivity index (χ1n) is 17.8. The van der Waals surface area contributed by atoms with Crippen LogP contribution < -0.4 is 5.32 Å². The highest BCUT2D eigenvalue weighted by Gasteiger charge is 2.23. The van der Waals surface area contributed by atoms with Gasteiger partial charge in [0, 0.05) is 19.4 Å². The van der Waals surface area contributed by atoms with E-state index in [4.69, 9.17) is 13.8 Å². The van der Waals surface area contributed by atoms with Gasteiger partial charge in [-0.05, 0) is 57.8 Å². The predicted molar refractivity (Wildman–Crippen MR) is 183 cm³/mol. The summed E-state index contributed by atoms with van der Waals surface area (Å²) in [4.78, 5) is 33.6. The molecule has 10 heteroatoms. The standard InChI is InChI=1S/C35H66NO8P/c1-3-5-7-9-11-13-15-16-17-18-19-21-23-25-27-34(38)36-29-30-43-45(40,41)44-32-33(37)31-42-35(39)28-26-24-22-20-14-12-10-8-6-4-2/h8,10,15-16,33,37H,3-7,9,11-14,17-32H2,1-2H3,(H,36,38)(H,40,41)/b10-8-,16-15-. The molecule has 0 saturated heterocycles. The molecule has 0 saturated carbocycles. The average Bonchev–Trinajstić information content (AvgIpc) is 3.02. The topological polar surface area (TPSA) is 131 Å². The number of nitrogens with one attached hydrogen (secondary N) is 1. The van der Waals surface area contributed by atoms with E-state index >= 15 is 0 Å². The van der Waals surface area contributed by atoms with Crippen LogP contribution in [0.5, 0.6) is 0 Å². The van der Waals surface area contributed by atoms with Gasteiger partial charge in [0.15, 0.2) is 0 Å². The molecule has 0 fully saturated rings. The minimum absolute atomic E-state index is 0.0772. The molecule has 0 aliphatic rings. The second kappa shape index (κ2) is 32.4. The number of phosphoric ester groups is 1. The summed E-state index contributed by atoms with van der Waals surface area (Å²) < 4.78 is 26.7. The molecule has 0 spiro atoms. The molecule has 0 aromatic heterocycles. The molecule has 0 aliphatic carbocycles. The number of rotatable bonds is 33. The van der Waals surface area contributed by atoms with Gasteiger partial charge in [0.05, 0.1) is 13.2 Å². The van der Waals surface area contributed by atoms with Gasteiger partial charge in [-0.25, -0.2) is 4.57 Å². The van der Waals surface area contributed by atoms with E-state index in [0.29, 0.717) is 6.42 Å². The Labute approximate surface area is 274 Å². The fourth-order valence-corrected chi connectivity index (χ4v) is 5.37. The summed E-state index contributed by atoms with van der Waals surface area (Å²) >= 11 is 0. The van der Waals surface area contributed by atoms with Gasteiger partial charge in [0.1, 0.15) is 12.7 Å². The van der Waals surface area contributed by atoms with Crippen molar-refractivity contribution in [3.8, 4) is 0 Å². The number of hydrogen-bond donors (Lipinski definition) is 3. The number of aliphatic hydroxyl groups is 1. The zero-order chi connectivity index (χ0) is 33.3. The molecule has 45 heavy (non-hydrogen) atoms. The number of ether oxygens (including phenoxy) is 1. The molecule has 9 nitrogen and oxygen atoms in total. The van der Waals surface area contributed by atoms with Gasteiger partial charge in [-0.1, -0.05) is 109 Å². The maximum Gasteiger partial charge on any atom is 0.472 e. The second-order valence-electron chi connectivity index (χ2n) is 11.8. The summed E-state index contributed by atoms with van der Waals surface area (Å²) in [5, 5.41) is 12.6. The van der Waals surface area contributed by atoms with Crippen molar-refractivity contribution in [3.05, 3.63) is 24.3 Å². The van der Waals surface area contributed by atoms with Crippen molar-refractivity contribution in [2.24, 2.45) is 0 Å². The van der Waals surface area contributed by atoms with E-state index in [1.165, 1.54) is 51.4 Å². The van der Waals surface area contributed by atoms with Crippen LogP contribution in [-0.2, 0) is 27.9 Å². The van der Waals surface area contributed by atoms with Gasteiger partial charge in [-0.15, -0.1) is 0 Å². The number of esters is 1. The number of unbranched alkanes of at least 4 members (excludes halogenated alkanes) is 16. The molecule has 0 rings (SSSR count). The van der Waals surface area contributed by atoms with Gasteiger partial charge in [-0.2, -0.15) is 0 Å². The maximum absolute atomic E-state index is 12.0.